The first-order chi connectivity index (χ1) is 11.1. The van der Waals surface area contributed by atoms with E-state index in [2.05, 4.69) is 5.32 Å². The van der Waals surface area contributed by atoms with Gasteiger partial charge in [-0.25, -0.2) is 0 Å². The molecule has 23 heavy (non-hydrogen) atoms. The zero-order valence-electron chi connectivity index (χ0n) is 13.2. The molecular formula is C17H20N2O4. The second kappa shape index (κ2) is 8.03. The third-order valence-electron chi connectivity index (χ3n) is 3.39. The number of carbonyl (C=O) groups is 2. The maximum absolute atomic E-state index is 11.8. The number of nitrogens with zero attached hydrogens (tertiary/aromatic N) is 1. The highest BCUT2D eigenvalue weighted by molar-refractivity contribution is 5.91. The Hall–Kier alpha value is -2.76. The van der Waals surface area contributed by atoms with Crippen molar-refractivity contribution in [1.29, 1.82) is 0 Å². The molecule has 0 bridgehead atoms. The normalized spacial score (nSPS) is 10.2. The van der Waals surface area contributed by atoms with Crippen LogP contribution in [0.4, 0.5) is 0 Å². The number of ether oxygens (including phenoxy) is 1. The number of methoxy groups -OCH3 is 1. The van der Waals surface area contributed by atoms with Gasteiger partial charge in [-0.1, -0.05) is 12.1 Å². The Balaban J connectivity index is 1.86. The van der Waals surface area contributed by atoms with Crippen LogP contribution in [-0.2, 0) is 11.3 Å². The van der Waals surface area contributed by atoms with E-state index in [9.17, 15) is 9.59 Å². The standard InChI is InChI=1S/C17H20N2O4/c1-13(20)19(12-14-5-7-15(22-2)8-6-14)10-9-18-17(21)16-4-3-11-23-16/h3-8,11H,9-10,12H2,1-2H3,(H,18,21). The number of benzene rings is 1. The van der Waals surface area contributed by atoms with Gasteiger partial charge in [0.2, 0.25) is 5.91 Å². The number of nitrogens with one attached hydrogen (secondary N) is 1. The summed E-state index contributed by atoms with van der Waals surface area (Å²) in [6, 6.07) is 10.8. The molecule has 1 aromatic heterocycles. The summed E-state index contributed by atoms with van der Waals surface area (Å²) in [5.41, 5.74) is 0.998. The summed E-state index contributed by atoms with van der Waals surface area (Å²) in [6.45, 7) is 2.77. The van der Waals surface area contributed by atoms with Crippen LogP contribution in [-0.4, -0.2) is 36.9 Å². The predicted molar refractivity (Wildman–Crippen MR) is 85.1 cm³/mol. The number of carbonyl (C=O) groups excluding carboxylic acids is 2. The van der Waals surface area contributed by atoms with Gasteiger partial charge in [-0.2, -0.15) is 0 Å². The first kappa shape index (κ1) is 16.6. The van der Waals surface area contributed by atoms with Crippen molar-refractivity contribution >= 4 is 11.8 Å². The van der Waals surface area contributed by atoms with Crippen LogP contribution in [0.1, 0.15) is 23.0 Å². The van der Waals surface area contributed by atoms with E-state index >= 15 is 0 Å². The summed E-state index contributed by atoms with van der Waals surface area (Å²) in [5, 5.41) is 2.73. The molecule has 0 atom stereocenters. The molecule has 0 fully saturated rings. The van der Waals surface area contributed by atoms with Gasteiger partial charge >= 0.3 is 0 Å². The summed E-state index contributed by atoms with van der Waals surface area (Å²) in [7, 11) is 1.61. The second-order valence-electron chi connectivity index (χ2n) is 5.02. The van der Waals surface area contributed by atoms with Gasteiger partial charge in [0.15, 0.2) is 5.76 Å². The number of furan rings is 1. The van der Waals surface area contributed by atoms with Crippen molar-refractivity contribution in [2.45, 2.75) is 13.5 Å². The quantitative estimate of drug-likeness (QED) is 0.849. The van der Waals surface area contributed by atoms with Crippen molar-refractivity contribution in [2.75, 3.05) is 20.2 Å². The minimum Gasteiger partial charge on any atom is -0.497 e. The monoisotopic (exact) mass is 316 g/mol. The Morgan fingerprint density at radius 3 is 2.52 bits per heavy atom. The molecule has 2 aromatic rings. The van der Waals surface area contributed by atoms with Crippen LogP contribution >= 0.6 is 0 Å². The third kappa shape index (κ3) is 4.88. The number of hydrogen-bond donors (Lipinski definition) is 1. The Kier molecular flexibility index (Phi) is 5.80. The Morgan fingerprint density at radius 1 is 1.22 bits per heavy atom. The molecule has 0 aliphatic heterocycles. The fourth-order valence-corrected chi connectivity index (χ4v) is 2.10. The molecule has 0 unspecified atom stereocenters. The van der Waals surface area contributed by atoms with Crippen LogP contribution in [0.3, 0.4) is 0 Å². The van der Waals surface area contributed by atoms with Gasteiger partial charge in [0.25, 0.3) is 5.91 Å². The van der Waals surface area contributed by atoms with Crippen LogP contribution in [0, 0.1) is 0 Å². The number of hydrogen-bond acceptors (Lipinski definition) is 4. The average Bonchev–Trinajstić information content (AvgIpc) is 3.09. The van der Waals surface area contributed by atoms with Gasteiger partial charge in [0.1, 0.15) is 5.75 Å². The van der Waals surface area contributed by atoms with Gasteiger partial charge in [-0.3, -0.25) is 9.59 Å². The predicted octanol–water partition coefficient (Wildman–Crippen LogP) is 2.07. The fraction of sp³-hybridized carbons (Fsp3) is 0.294. The molecule has 6 heteroatoms. The van der Waals surface area contributed by atoms with Crippen molar-refractivity contribution in [1.82, 2.24) is 10.2 Å². The van der Waals surface area contributed by atoms with Crippen LogP contribution < -0.4 is 10.1 Å². The van der Waals surface area contributed by atoms with E-state index in [0.717, 1.165) is 11.3 Å². The Morgan fingerprint density at radius 2 is 1.96 bits per heavy atom. The van der Waals surface area contributed by atoms with E-state index < -0.39 is 0 Å². The topological polar surface area (TPSA) is 71.8 Å². The molecule has 2 amide bonds. The van der Waals surface area contributed by atoms with E-state index in [1.165, 1.54) is 13.2 Å². The molecule has 1 N–H and O–H groups in total. The maximum atomic E-state index is 11.8. The minimum atomic E-state index is -0.289. The van der Waals surface area contributed by atoms with Crippen molar-refractivity contribution in [3.05, 3.63) is 54.0 Å². The molecule has 0 radical (unpaired) electrons. The van der Waals surface area contributed by atoms with Crippen molar-refractivity contribution < 1.29 is 18.7 Å². The largest absolute Gasteiger partial charge is 0.497 e. The molecule has 0 saturated carbocycles. The van der Waals surface area contributed by atoms with E-state index in [4.69, 9.17) is 9.15 Å². The molecule has 2 rings (SSSR count). The van der Waals surface area contributed by atoms with Gasteiger partial charge < -0.3 is 19.4 Å². The second-order valence-corrected chi connectivity index (χ2v) is 5.02. The summed E-state index contributed by atoms with van der Waals surface area (Å²) < 4.78 is 10.1. The molecule has 1 aromatic carbocycles. The lowest BCUT2D eigenvalue weighted by Gasteiger charge is -2.21. The van der Waals surface area contributed by atoms with Gasteiger partial charge in [0.05, 0.1) is 13.4 Å². The number of rotatable bonds is 7. The van der Waals surface area contributed by atoms with Crippen molar-refractivity contribution in [3.63, 3.8) is 0 Å². The van der Waals surface area contributed by atoms with Crippen LogP contribution in [0.5, 0.6) is 5.75 Å². The summed E-state index contributed by atoms with van der Waals surface area (Å²) in [5.74, 6) is 0.694. The van der Waals surface area contributed by atoms with Gasteiger partial charge in [-0.15, -0.1) is 0 Å². The third-order valence-corrected chi connectivity index (χ3v) is 3.39. The lowest BCUT2D eigenvalue weighted by atomic mass is 10.2. The highest BCUT2D eigenvalue weighted by Crippen LogP contribution is 2.13. The minimum absolute atomic E-state index is 0.0481. The highest BCUT2D eigenvalue weighted by Gasteiger charge is 2.12. The lowest BCUT2D eigenvalue weighted by Crippen LogP contribution is -2.37. The zero-order valence-corrected chi connectivity index (χ0v) is 13.2. The first-order valence-electron chi connectivity index (χ1n) is 7.30. The first-order valence-corrected chi connectivity index (χ1v) is 7.30. The van der Waals surface area contributed by atoms with Crippen molar-refractivity contribution in [3.8, 4) is 5.75 Å². The van der Waals surface area contributed by atoms with E-state index in [0.29, 0.717) is 19.6 Å². The van der Waals surface area contributed by atoms with Gasteiger partial charge in [-0.05, 0) is 29.8 Å². The molecule has 0 saturated heterocycles. The molecular weight excluding hydrogens is 296 g/mol. The molecule has 0 aliphatic carbocycles. The average molecular weight is 316 g/mol. The fourth-order valence-electron chi connectivity index (χ4n) is 2.10. The van der Waals surface area contributed by atoms with Gasteiger partial charge in [0, 0.05) is 26.6 Å². The number of amides is 2. The molecule has 0 aliphatic rings. The Bertz CT molecular complexity index is 635. The van der Waals surface area contributed by atoms with Crippen LogP contribution in [0.15, 0.2) is 47.1 Å². The Labute approximate surface area is 135 Å². The van der Waals surface area contributed by atoms with E-state index in [-0.39, 0.29) is 17.6 Å². The molecule has 1 heterocycles. The summed E-state index contributed by atoms with van der Waals surface area (Å²) in [6.07, 6.45) is 1.44. The highest BCUT2D eigenvalue weighted by atomic mass is 16.5. The van der Waals surface area contributed by atoms with E-state index in [1.807, 2.05) is 24.3 Å². The van der Waals surface area contributed by atoms with E-state index in [1.54, 1.807) is 24.1 Å². The smallest absolute Gasteiger partial charge is 0.287 e. The molecule has 6 nitrogen and oxygen atoms in total. The SMILES string of the molecule is COc1ccc(CN(CCNC(=O)c2ccco2)C(C)=O)cc1. The van der Waals surface area contributed by atoms with Crippen LogP contribution in [0.25, 0.3) is 0 Å². The molecule has 0 spiro atoms. The lowest BCUT2D eigenvalue weighted by molar-refractivity contribution is -0.129. The molecule has 122 valence electrons. The summed E-state index contributed by atoms with van der Waals surface area (Å²) in [4.78, 5) is 25.2. The summed E-state index contributed by atoms with van der Waals surface area (Å²) >= 11 is 0. The van der Waals surface area contributed by atoms with Crippen molar-refractivity contribution in [2.24, 2.45) is 0 Å². The maximum Gasteiger partial charge on any atom is 0.287 e. The van der Waals surface area contributed by atoms with Crippen LogP contribution in [0.2, 0.25) is 0 Å². The zero-order chi connectivity index (χ0) is 16.7.